The zero-order valence-corrected chi connectivity index (χ0v) is 17.2. The highest BCUT2D eigenvalue weighted by Crippen LogP contribution is 2.46. The third-order valence-electron chi connectivity index (χ3n) is 6.15. The predicted octanol–water partition coefficient (Wildman–Crippen LogP) is 4.48. The molecule has 1 aromatic heterocycles. The second-order valence-electron chi connectivity index (χ2n) is 7.84. The number of hydrogen-bond donors (Lipinski definition) is 2. The van der Waals surface area contributed by atoms with E-state index in [1.165, 1.54) is 0 Å². The number of methoxy groups -OCH3 is 1. The van der Waals surface area contributed by atoms with Gasteiger partial charge < -0.3 is 15.5 Å². The molecule has 31 heavy (non-hydrogen) atoms. The average molecular weight is 410 g/mol. The van der Waals surface area contributed by atoms with E-state index in [2.05, 4.69) is 11.1 Å². The van der Waals surface area contributed by atoms with Crippen LogP contribution in [-0.2, 0) is 4.79 Å². The van der Waals surface area contributed by atoms with Gasteiger partial charge in [-0.05, 0) is 66.3 Å². The molecule has 0 bridgehead atoms. The van der Waals surface area contributed by atoms with E-state index in [0.717, 1.165) is 46.4 Å². The monoisotopic (exact) mass is 410 g/mol. The molecule has 154 valence electrons. The minimum atomic E-state index is -0.457. The Morgan fingerprint density at radius 2 is 1.97 bits per heavy atom. The van der Waals surface area contributed by atoms with Gasteiger partial charge in [-0.1, -0.05) is 6.07 Å². The van der Waals surface area contributed by atoms with Gasteiger partial charge in [0.15, 0.2) is 5.78 Å². The van der Waals surface area contributed by atoms with Gasteiger partial charge in [-0.25, -0.2) is 0 Å². The van der Waals surface area contributed by atoms with E-state index in [4.69, 9.17) is 10.5 Å². The van der Waals surface area contributed by atoms with E-state index in [1.54, 1.807) is 7.11 Å². The zero-order valence-electron chi connectivity index (χ0n) is 17.2. The first-order chi connectivity index (χ1) is 15.1. The summed E-state index contributed by atoms with van der Waals surface area (Å²) in [6.45, 7) is 0. The van der Waals surface area contributed by atoms with Crippen LogP contribution in [0.4, 0.5) is 5.69 Å². The number of nitrogens with one attached hydrogen (secondary N) is 1. The Hall–Kier alpha value is -3.98. The fraction of sp³-hybridized carbons (Fsp3) is 0.200. The predicted molar refractivity (Wildman–Crippen MR) is 119 cm³/mol. The van der Waals surface area contributed by atoms with Crippen LogP contribution in [0.15, 0.2) is 77.4 Å². The van der Waals surface area contributed by atoms with Crippen molar-refractivity contribution in [3.8, 4) is 11.8 Å². The number of rotatable bonds is 3. The van der Waals surface area contributed by atoms with Gasteiger partial charge in [0.25, 0.3) is 0 Å². The highest BCUT2D eigenvalue weighted by Gasteiger charge is 2.40. The number of carbonyl (C=O) groups excluding carboxylic acids is 1. The van der Waals surface area contributed by atoms with Crippen LogP contribution in [0.25, 0.3) is 10.9 Å². The molecule has 0 unspecified atom stereocenters. The number of ketones is 1. The summed E-state index contributed by atoms with van der Waals surface area (Å²) in [4.78, 5) is 18.2. The molecule has 2 heterocycles. The van der Waals surface area contributed by atoms with Crippen LogP contribution in [0.3, 0.4) is 0 Å². The number of anilines is 1. The molecule has 2 aromatic carbocycles. The fourth-order valence-electron chi connectivity index (χ4n) is 4.70. The Bertz CT molecular complexity index is 1290. The lowest BCUT2D eigenvalue weighted by molar-refractivity contribution is -0.116. The van der Waals surface area contributed by atoms with E-state index in [-0.39, 0.29) is 5.78 Å². The molecule has 5 rings (SSSR count). The summed E-state index contributed by atoms with van der Waals surface area (Å²) in [5, 5.41) is 11.2. The molecular weight excluding hydrogens is 388 g/mol. The number of nitrogens with zero attached hydrogens (tertiary/aromatic N) is 2. The Labute approximate surface area is 180 Å². The van der Waals surface area contributed by atoms with Crippen molar-refractivity contribution in [1.82, 2.24) is 4.98 Å². The summed E-state index contributed by atoms with van der Waals surface area (Å²) in [6.07, 6.45) is 3.86. The summed E-state index contributed by atoms with van der Waals surface area (Å²) in [7, 11) is 1.62. The lowest BCUT2D eigenvalue weighted by Gasteiger charge is -2.39. The van der Waals surface area contributed by atoms with Gasteiger partial charge in [0, 0.05) is 35.1 Å². The minimum Gasteiger partial charge on any atom is -0.497 e. The Morgan fingerprint density at radius 1 is 1.16 bits per heavy atom. The molecular formula is C25H22N4O2. The summed E-state index contributed by atoms with van der Waals surface area (Å²) in [5.74, 6) is 0.733. The summed E-state index contributed by atoms with van der Waals surface area (Å²) in [5.41, 5.74) is 11.3. The maximum absolute atomic E-state index is 13.2. The molecule has 2 aliphatic rings. The average Bonchev–Trinajstić information content (AvgIpc) is 3.26. The second kappa shape index (κ2) is 7.37. The molecule has 0 saturated heterocycles. The first kappa shape index (κ1) is 19.0. The second-order valence-corrected chi connectivity index (χ2v) is 7.84. The van der Waals surface area contributed by atoms with Crippen molar-refractivity contribution in [1.29, 1.82) is 5.26 Å². The van der Waals surface area contributed by atoms with Gasteiger partial charge in [0.2, 0.25) is 0 Å². The topological polar surface area (TPSA) is 95.1 Å². The van der Waals surface area contributed by atoms with Crippen LogP contribution in [0.2, 0.25) is 0 Å². The highest BCUT2D eigenvalue weighted by molar-refractivity contribution is 6.01. The van der Waals surface area contributed by atoms with E-state index >= 15 is 0 Å². The molecule has 0 saturated carbocycles. The standard InChI is InChI=1S/C25H22N4O2/c1-31-18-8-6-17(7-9-18)29-21-3-2-4-22(30)24(21)23(19(14-26)25(29)27)16-5-10-20-15(13-16)11-12-28-20/h5-13,23,28H,2-4,27H2,1H3/t23-/m1/s1. The molecule has 3 aromatic rings. The van der Waals surface area contributed by atoms with E-state index < -0.39 is 5.92 Å². The lowest BCUT2D eigenvalue weighted by atomic mass is 9.75. The quantitative estimate of drug-likeness (QED) is 0.664. The van der Waals surface area contributed by atoms with Crippen molar-refractivity contribution < 1.29 is 9.53 Å². The number of H-pyrrole nitrogens is 1. The van der Waals surface area contributed by atoms with Crippen molar-refractivity contribution >= 4 is 22.4 Å². The number of hydrogen-bond acceptors (Lipinski definition) is 5. The molecule has 6 heteroatoms. The van der Waals surface area contributed by atoms with Gasteiger partial charge in [0.1, 0.15) is 11.6 Å². The third-order valence-corrected chi connectivity index (χ3v) is 6.15. The number of nitrogens with two attached hydrogens (primary N) is 1. The zero-order chi connectivity index (χ0) is 21.5. The first-order valence-electron chi connectivity index (χ1n) is 10.3. The molecule has 1 aliphatic carbocycles. The largest absolute Gasteiger partial charge is 0.497 e. The Kier molecular flexibility index (Phi) is 4.52. The lowest BCUT2D eigenvalue weighted by Crippen LogP contribution is -2.38. The number of ether oxygens (including phenoxy) is 1. The minimum absolute atomic E-state index is 0.0826. The van der Waals surface area contributed by atoms with E-state index in [0.29, 0.717) is 23.4 Å². The summed E-state index contributed by atoms with van der Waals surface area (Å²) < 4.78 is 5.27. The molecule has 0 amide bonds. The van der Waals surface area contributed by atoms with Crippen molar-refractivity contribution in [3.05, 3.63) is 83.0 Å². The van der Waals surface area contributed by atoms with E-state index in [9.17, 15) is 10.1 Å². The van der Waals surface area contributed by atoms with Gasteiger partial charge in [0.05, 0.1) is 24.7 Å². The van der Waals surface area contributed by atoms with Gasteiger partial charge >= 0.3 is 0 Å². The van der Waals surface area contributed by atoms with Crippen LogP contribution >= 0.6 is 0 Å². The number of aromatic nitrogens is 1. The Balaban J connectivity index is 1.72. The van der Waals surface area contributed by atoms with Gasteiger partial charge in [-0.2, -0.15) is 5.26 Å². The molecule has 6 nitrogen and oxygen atoms in total. The number of aromatic amines is 1. The van der Waals surface area contributed by atoms with Crippen molar-refractivity contribution in [2.75, 3.05) is 12.0 Å². The Morgan fingerprint density at radius 3 is 2.71 bits per heavy atom. The van der Waals surface area contributed by atoms with Crippen LogP contribution in [0.5, 0.6) is 5.75 Å². The molecule has 1 aliphatic heterocycles. The molecule has 0 spiro atoms. The summed E-state index contributed by atoms with van der Waals surface area (Å²) in [6, 6.07) is 17.8. The van der Waals surface area contributed by atoms with Crippen LogP contribution in [0, 0.1) is 11.3 Å². The first-order valence-corrected chi connectivity index (χ1v) is 10.3. The SMILES string of the molecule is COc1ccc(N2C(N)=C(C#N)[C@@H](c3ccc4[nH]ccc4c3)C3=C2CCCC3=O)cc1. The number of carbonyl (C=O) groups is 1. The molecule has 0 fully saturated rings. The molecule has 0 radical (unpaired) electrons. The highest BCUT2D eigenvalue weighted by atomic mass is 16.5. The van der Waals surface area contributed by atoms with Crippen molar-refractivity contribution in [3.63, 3.8) is 0 Å². The maximum atomic E-state index is 13.2. The number of allylic oxidation sites excluding steroid dienone is 3. The van der Waals surface area contributed by atoms with Crippen LogP contribution in [0.1, 0.15) is 30.7 Å². The smallest absolute Gasteiger partial charge is 0.161 e. The van der Waals surface area contributed by atoms with Gasteiger partial charge in [-0.3, -0.25) is 9.69 Å². The number of benzene rings is 2. The van der Waals surface area contributed by atoms with Crippen molar-refractivity contribution in [2.24, 2.45) is 5.73 Å². The molecule has 3 N–H and O–H groups in total. The normalized spacial score (nSPS) is 18.9. The third kappa shape index (κ3) is 2.98. The number of nitriles is 1. The maximum Gasteiger partial charge on any atom is 0.161 e. The summed E-state index contributed by atoms with van der Waals surface area (Å²) >= 11 is 0. The number of fused-ring (bicyclic) bond motifs is 1. The molecule has 1 atom stereocenters. The van der Waals surface area contributed by atoms with Crippen LogP contribution < -0.4 is 15.4 Å². The van der Waals surface area contributed by atoms with Crippen LogP contribution in [-0.4, -0.2) is 17.9 Å². The van der Waals surface area contributed by atoms with Gasteiger partial charge in [-0.15, -0.1) is 0 Å². The number of Topliss-reactive ketones (excluding diaryl/α,β-unsaturated/α-hetero) is 1. The van der Waals surface area contributed by atoms with Crippen molar-refractivity contribution in [2.45, 2.75) is 25.2 Å². The van der Waals surface area contributed by atoms with E-state index in [1.807, 2.05) is 59.6 Å². The fourth-order valence-corrected chi connectivity index (χ4v) is 4.70.